The van der Waals surface area contributed by atoms with Crippen molar-refractivity contribution in [3.05, 3.63) is 29.8 Å². The lowest BCUT2D eigenvalue weighted by molar-refractivity contribution is -0.119. The van der Waals surface area contributed by atoms with Crippen molar-refractivity contribution in [2.24, 2.45) is 0 Å². The number of hydrogen-bond donors (Lipinski definition) is 2. The first-order valence-electron chi connectivity index (χ1n) is 8.16. The molecule has 1 aromatic rings. The first kappa shape index (κ1) is 16.3. The third-order valence-electron chi connectivity index (χ3n) is 3.83. The van der Waals surface area contributed by atoms with Gasteiger partial charge < -0.3 is 0 Å². The molecule has 2 rings (SSSR count). The molecule has 0 bridgehead atoms. The van der Waals surface area contributed by atoms with Crippen LogP contribution in [0, 0.1) is 0 Å². The Hall–Kier alpha value is -2.04. The molecule has 0 radical (unpaired) electrons. The number of hydrazine groups is 1. The van der Waals surface area contributed by atoms with Crippen LogP contribution in [0.15, 0.2) is 24.3 Å². The molecule has 0 saturated carbocycles. The van der Waals surface area contributed by atoms with E-state index in [0.717, 1.165) is 12.1 Å². The quantitative estimate of drug-likeness (QED) is 0.725. The minimum Gasteiger partial charge on any atom is -0.275 e. The lowest BCUT2D eigenvalue weighted by Crippen LogP contribution is -2.59. The summed E-state index contributed by atoms with van der Waals surface area (Å²) in [7, 11) is 0. The second-order valence-electron chi connectivity index (χ2n) is 5.76. The lowest BCUT2D eigenvalue weighted by Gasteiger charge is -2.28. The fourth-order valence-electron chi connectivity index (χ4n) is 2.64. The van der Waals surface area contributed by atoms with Crippen molar-refractivity contribution in [3.63, 3.8) is 0 Å². The van der Waals surface area contributed by atoms with Gasteiger partial charge >= 0.3 is 6.03 Å². The number of rotatable bonds is 8. The fraction of sp³-hybridized carbons (Fsp3) is 0.529. The molecule has 1 aliphatic heterocycles. The molecule has 1 fully saturated rings. The van der Waals surface area contributed by atoms with Gasteiger partial charge in [-0.05, 0) is 30.5 Å². The van der Waals surface area contributed by atoms with Crippen molar-refractivity contribution in [1.29, 1.82) is 0 Å². The largest absolute Gasteiger partial charge is 0.340 e. The Morgan fingerprint density at radius 3 is 2.64 bits per heavy atom. The highest BCUT2D eigenvalue weighted by Gasteiger charge is 2.21. The van der Waals surface area contributed by atoms with Crippen molar-refractivity contribution in [2.75, 3.05) is 11.6 Å². The molecule has 0 spiro atoms. The molecular weight excluding hydrogens is 278 g/mol. The molecular formula is C17H25N3O2. The summed E-state index contributed by atoms with van der Waals surface area (Å²) in [5.74, 6) is -0.287. The zero-order valence-corrected chi connectivity index (χ0v) is 13.2. The Balaban J connectivity index is 1.84. The predicted octanol–water partition coefficient (Wildman–Crippen LogP) is 3.15. The van der Waals surface area contributed by atoms with E-state index in [2.05, 4.69) is 23.7 Å². The molecule has 0 aliphatic carbocycles. The average molecular weight is 303 g/mol. The van der Waals surface area contributed by atoms with Crippen LogP contribution in [0.2, 0.25) is 0 Å². The number of nitrogens with one attached hydrogen (secondary N) is 2. The minimum atomic E-state index is -0.474. The van der Waals surface area contributed by atoms with Crippen LogP contribution in [0.4, 0.5) is 10.5 Å². The number of imide groups is 1. The van der Waals surface area contributed by atoms with E-state index < -0.39 is 6.03 Å². The van der Waals surface area contributed by atoms with E-state index in [1.165, 1.54) is 44.1 Å². The third-order valence-corrected chi connectivity index (χ3v) is 3.83. The van der Waals surface area contributed by atoms with Gasteiger partial charge in [-0.25, -0.2) is 10.2 Å². The monoisotopic (exact) mass is 303 g/mol. The molecule has 120 valence electrons. The Morgan fingerprint density at radius 2 is 1.86 bits per heavy atom. The summed E-state index contributed by atoms with van der Waals surface area (Å²) in [6, 6.07) is 7.55. The Morgan fingerprint density at radius 1 is 1.09 bits per heavy atom. The van der Waals surface area contributed by atoms with Crippen LogP contribution >= 0.6 is 0 Å². The van der Waals surface area contributed by atoms with Gasteiger partial charge in [-0.15, -0.1) is 0 Å². The van der Waals surface area contributed by atoms with Gasteiger partial charge in [0.25, 0.3) is 0 Å². The standard InChI is InChI=1S/C17H25N3O2/c1-2-3-4-5-6-7-9-14-10-8-11-15(12-14)20-13-16(21)18-17(22)19-20/h8,10-12H,2-7,9,13H2,1H3,(H2,18,19,21,22). The van der Waals surface area contributed by atoms with Crippen LogP contribution in [0.25, 0.3) is 0 Å². The smallest absolute Gasteiger partial charge is 0.275 e. The Kier molecular flexibility index (Phi) is 6.25. The van der Waals surface area contributed by atoms with Crippen LogP contribution in [0.3, 0.4) is 0 Å². The van der Waals surface area contributed by atoms with Gasteiger partial charge in [0.2, 0.25) is 5.91 Å². The summed E-state index contributed by atoms with van der Waals surface area (Å²) in [5, 5.41) is 3.81. The maximum absolute atomic E-state index is 11.4. The molecule has 2 N–H and O–H groups in total. The number of aryl methyl sites for hydroxylation is 1. The number of benzene rings is 1. The zero-order valence-electron chi connectivity index (χ0n) is 13.2. The maximum Gasteiger partial charge on any atom is 0.340 e. The van der Waals surface area contributed by atoms with Crippen molar-refractivity contribution >= 4 is 17.6 Å². The van der Waals surface area contributed by atoms with Gasteiger partial charge in [-0.3, -0.25) is 15.1 Å². The van der Waals surface area contributed by atoms with Gasteiger partial charge in [-0.2, -0.15) is 0 Å². The maximum atomic E-state index is 11.4. The molecule has 1 aliphatic rings. The Bertz CT molecular complexity index is 500. The minimum absolute atomic E-state index is 0.145. The summed E-state index contributed by atoms with van der Waals surface area (Å²) in [4.78, 5) is 22.8. The van der Waals surface area contributed by atoms with Crippen molar-refractivity contribution in [2.45, 2.75) is 51.9 Å². The van der Waals surface area contributed by atoms with Crippen LogP contribution in [0.1, 0.15) is 51.0 Å². The van der Waals surface area contributed by atoms with Crippen LogP contribution in [-0.4, -0.2) is 18.5 Å². The highest BCUT2D eigenvalue weighted by molar-refractivity contribution is 6.00. The molecule has 3 amide bonds. The van der Waals surface area contributed by atoms with E-state index >= 15 is 0 Å². The topological polar surface area (TPSA) is 61.4 Å². The number of anilines is 1. The first-order chi connectivity index (χ1) is 10.7. The molecule has 22 heavy (non-hydrogen) atoms. The first-order valence-corrected chi connectivity index (χ1v) is 8.16. The highest BCUT2D eigenvalue weighted by Crippen LogP contribution is 2.17. The van der Waals surface area contributed by atoms with E-state index in [-0.39, 0.29) is 12.5 Å². The molecule has 0 unspecified atom stereocenters. The van der Waals surface area contributed by atoms with Gasteiger partial charge in [0.15, 0.2) is 0 Å². The molecule has 1 aromatic carbocycles. The number of carbonyl (C=O) groups is 2. The zero-order chi connectivity index (χ0) is 15.8. The number of amides is 3. The van der Waals surface area contributed by atoms with E-state index in [0.29, 0.717) is 0 Å². The predicted molar refractivity (Wildman–Crippen MR) is 87.5 cm³/mol. The van der Waals surface area contributed by atoms with E-state index in [9.17, 15) is 9.59 Å². The van der Waals surface area contributed by atoms with E-state index in [4.69, 9.17) is 0 Å². The second kappa shape index (κ2) is 8.41. The fourth-order valence-corrected chi connectivity index (χ4v) is 2.64. The molecule has 1 heterocycles. The van der Waals surface area contributed by atoms with Gasteiger partial charge in [-0.1, -0.05) is 51.2 Å². The molecule has 1 saturated heterocycles. The summed E-state index contributed by atoms with van der Waals surface area (Å²) in [5.41, 5.74) is 4.74. The van der Waals surface area contributed by atoms with Crippen LogP contribution in [0.5, 0.6) is 0 Å². The summed E-state index contributed by atoms with van der Waals surface area (Å²) >= 11 is 0. The van der Waals surface area contributed by atoms with Gasteiger partial charge in [0.1, 0.15) is 6.54 Å². The van der Waals surface area contributed by atoms with Crippen molar-refractivity contribution in [1.82, 2.24) is 10.7 Å². The van der Waals surface area contributed by atoms with Crippen molar-refractivity contribution in [3.8, 4) is 0 Å². The molecule has 0 atom stereocenters. The van der Waals surface area contributed by atoms with Gasteiger partial charge in [0.05, 0.1) is 5.69 Å². The lowest BCUT2D eigenvalue weighted by atomic mass is 10.0. The van der Waals surface area contributed by atoms with Crippen molar-refractivity contribution < 1.29 is 9.59 Å². The third kappa shape index (κ3) is 5.06. The number of urea groups is 1. The van der Waals surface area contributed by atoms with E-state index in [1.807, 2.05) is 18.2 Å². The molecule has 5 heteroatoms. The summed E-state index contributed by atoms with van der Waals surface area (Å²) < 4.78 is 0. The number of unbranched alkanes of at least 4 members (excludes halogenated alkanes) is 5. The summed E-state index contributed by atoms with van der Waals surface area (Å²) in [6.07, 6.45) is 8.70. The second-order valence-corrected chi connectivity index (χ2v) is 5.76. The van der Waals surface area contributed by atoms with E-state index in [1.54, 1.807) is 5.01 Å². The summed E-state index contributed by atoms with van der Waals surface area (Å²) in [6.45, 7) is 2.37. The molecule has 0 aromatic heterocycles. The van der Waals surface area contributed by atoms with Gasteiger partial charge in [0, 0.05) is 0 Å². The number of hydrogen-bond acceptors (Lipinski definition) is 3. The Labute approximate surface area is 132 Å². The number of nitrogens with zero attached hydrogens (tertiary/aromatic N) is 1. The number of carbonyl (C=O) groups excluding carboxylic acids is 2. The van der Waals surface area contributed by atoms with Crippen LogP contribution < -0.4 is 15.8 Å². The normalized spacial score (nSPS) is 14.7. The molecule has 5 nitrogen and oxygen atoms in total. The highest BCUT2D eigenvalue weighted by atomic mass is 16.2. The van der Waals surface area contributed by atoms with Crippen LogP contribution in [-0.2, 0) is 11.2 Å². The average Bonchev–Trinajstić information content (AvgIpc) is 2.50. The SMILES string of the molecule is CCCCCCCCc1cccc(N2CC(=O)NC(=O)N2)c1.